The number of nitrogens with zero attached hydrogens (tertiary/aromatic N) is 2. The zero-order valence-electron chi connectivity index (χ0n) is 11.1. The number of nitriles is 2. The highest BCUT2D eigenvalue weighted by atomic mass is 32.2. The fourth-order valence-electron chi connectivity index (χ4n) is 1.15. The third kappa shape index (κ3) is 7.67. The molecule has 0 atom stereocenters. The Balaban J connectivity index is 0.000000433. The van der Waals surface area contributed by atoms with Crippen LogP contribution in [0.2, 0.25) is 0 Å². The van der Waals surface area contributed by atoms with Crippen LogP contribution >= 0.6 is 0 Å². The van der Waals surface area contributed by atoms with Crippen molar-refractivity contribution in [3.8, 4) is 12.1 Å². The van der Waals surface area contributed by atoms with Crippen molar-refractivity contribution in [2.24, 2.45) is 0 Å². The van der Waals surface area contributed by atoms with Crippen molar-refractivity contribution in [1.82, 2.24) is 0 Å². The van der Waals surface area contributed by atoms with Gasteiger partial charge in [0.05, 0.1) is 0 Å². The summed E-state index contributed by atoms with van der Waals surface area (Å²) in [5.41, 5.74) is 0.822. The number of hydrogen-bond acceptors (Lipinski definition) is 6. The van der Waals surface area contributed by atoms with Gasteiger partial charge in [-0.2, -0.15) is 27.4 Å². The van der Waals surface area contributed by atoms with E-state index in [0.29, 0.717) is 0 Å². The summed E-state index contributed by atoms with van der Waals surface area (Å²) in [4.78, 5) is -0.226. The van der Waals surface area contributed by atoms with Crippen molar-refractivity contribution < 1.29 is 16.8 Å². The lowest BCUT2D eigenvalue weighted by molar-refractivity contribution is 0.625. The minimum absolute atomic E-state index is 0.0926. The average Bonchev–Trinajstić information content (AvgIpc) is 2.47. The molecule has 0 unspecified atom stereocenters. The van der Waals surface area contributed by atoms with Crippen LogP contribution in [0.3, 0.4) is 0 Å². The fourth-order valence-corrected chi connectivity index (χ4v) is 1.82. The highest BCUT2D eigenvalue weighted by Gasteiger charge is 2.00. The molecule has 110 valence electrons. The number of rotatable bonds is 3. The molecule has 8 heteroatoms. The Morgan fingerprint density at radius 2 is 1.43 bits per heavy atom. The highest BCUT2D eigenvalue weighted by Crippen LogP contribution is 1.99. The Morgan fingerprint density at radius 3 is 1.71 bits per heavy atom. The van der Waals surface area contributed by atoms with Gasteiger partial charge in [0.1, 0.15) is 17.0 Å². The maximum absolute atomic E-state index is 10.5. The third-order valence-corrected chi connectivity index (χ3v) is 3.60. The zero-order chi connectivity index (χ0) is 16.3. The van der Waals surface area contributed by atoms with E-state index in [9.17, 15) is 16.8 Å². The van der Waals surface area contributed by atoms with E-state index in [1.807, 2.05) is 6.07 Å². The van der Waals surface area contributed by atoms with Crippen molar-refractivity contribution in [3.05, 3.63) is 35.9 Å². The highest BCUT2D eigenvalue weighted by molar-refractivity contribution is 7.73. The Morgan fingerprint density at radius 1 is 0.952 bits per heavy atom. The molecule has 0 amide bonds. The molecule has 21 heavy (non-hydrogen) atoms. The standard InChI is InChI=1S/C9H7NO2S.C4H5NO2S/c10-7-9(13(11)12)6-8-4-2-1-3-5-8;1-2-4(3-5)8(6)7/h1-5H,6H2;2H2,1H3. The maximum atomic E-state index is 10.5. The lowest BCUT2D eigenvalue weighted by Crippen LogP contribution is -2.00. The van der Waals surface area contributed by atoms with Gasteiger partial charge >= 0.3 is 0 Å². The van der Waals surface area contributed by atoms with Crippen LogP contribution in [0.25, 0.3) is 0 Å². The summed E-state index contributed by atoms with van der Waals surface area (Å²) in [6, 6.07) is 12.2. The van der Waals surface area contributed by atoms with Crippen molar-refractivity contribution in [2.45, 2.75) is 19.8 Å². The second-order valence-corrected chi connectivity index (χ2v) is 5.48. The molecule has 0 aliphatic heterocycles. The quantitative estimate of drug-likeness (QED) is 0.758. The fraction of sp³-hybridized carbons (Fsp3) is 0.231. The van der Waals surface area contributed by atoms with E-state index in [-0.39, 0.29) is 22.6 Å². The summed E-state index contributed by atoms with van der Waals surface area (Å²) in [6.45, 7) is 1.62. The smallest absolute Gasteiger partial charge is 0.192 e. The van der Waals surface area contributed by atoms with Gasteiger partial charge < -0.3 is 0 Å². The van der Waals surface area contributed by atoms with E-state index in [1.54, 1.807) is 43.3 Å². The Hall–Kier alpha value is -2.42. The number of hydrogen-bond donors (Lipinski definition) is 0. The van der Waals surface area contributed by atoms with Gasteiger partial charge in [0, 0.05) is 6.42 Å². The minimum atomic E-state index is -2.40. The lowest BCUT2D eigenvalue weighted by atomic mass is 10.1. The van der Waals surface area contributed by atoms with Crippen LogP contribution in [-0.2, 0) is 27.0 Å². The van der Waals surface area contributed by atoms with E-state index >= 15 is 0 Å². The molecule has 6 nitrogen and oxygen atoms in total. The lowest BCUT2D eigenvalue weighted by Gasteiger charge is -1.93. The van der Waals surface area contributed by atoms with Crippen LogP contribution in [-0.4, -0.2) is 26.6 Å². The van der Waals surface area contributed by atoms with E-state index in [2.05, 4.69) is 0 Å². The van der Waals surface area contributed by atoms with Crippen molar-refractivity contribution >= 4 is 30.3 Å². The van der Waals surface area contributed by atoms with Gasteiger partial charge in [-0.25, -0.2) is 0 Å². The first-order valence-corrected chi connectivity index (χ1v) is 7.85. The molecule has 0 fully saturated rings. The average molecular weight is 324 g/mol. The molecule has 0 bridgehead atoms. The van der Waals surface area contributed by atoms with Crippen molar-refractivity contribution in [2.75, 3.05) is 0 Å². The van der Waals surface area contributed by atoms with E-state index < -0.39 is 20.6 Å². The molecule has 0 aliphatic rings. The zero-order valence-corrected chi connectivity index (χ0v) is 12.8. The summed E-state index contributed by atoms with van der Waals surface area (Å²) in [6.07, 6.45) is 0.458. The molecule has 0 saturated carbocycles. The normalized spacial score (nSPS) is 8.33. The predicted octanol–water partition coefficient (Wildman–Crippen LogP) is 0.776. The van der Waals surface area contributed by atoms with Gasteiger partial charge in [-0.3, -0.25) is 0 Å². The van der Waals surface area contributed by atoms with Gasteiger partial charge in [-0.15, -0.1) is 0 Å². The van der Waals surface area contributed by atoms with Crippen molar-refractivity contribution in [1.29, 1.82) is 10.5 Å². The van der Waals surface area contributed by atoms with Gasteiger partial charge in [-0.05, 0) is 12.0 Å². The molecule has 0 heterocycles. The van der Waals surface area contributed by atoms with E-state index in [0.717, 1.165) is 5.56 Å². The van der Waals surface area contributed by atoms with E-state index in [1.165, 1.54) is 0 Å². The molecule has 0 spiro atoms. The molecule has 0 radical (unpaired) electrons. The van der Waals surface area contributed by atoms with Gasteiger partial charge in [0.25, 0.3) is 0 Å². The second kappa shape index (κ2) is 10.4. The van der Waals surface area contributed by atoms with Crippen LogP contribution in [0, 0.1) is 22.7 Å². The van der Waals surface area contributed by atoms with Crippen LogP contribution in [0.4, 0.5) is 0 Å². The van der Waals surface area contributed by atoms with Crippen LogP contribution in [0.15, 0.2) is 30.3 Å². The molecule has 0 aromatic heterocycles. The third-order valence-electron chi connectivity index (χ3n) is 2.18. The molecular weight excluding hydrogens is 312 g/mol. The first-order chi connectivity index (χ1) is 9.96. The Labute approximate surface area is 125 Å². The van der Waals surface area contributed by atoms with Gasteiger partial charge in [0.15, 0.2) is 4.86 Å². The molecule has 1 aromatic carbocycles. The van der Waals surface area contributed by atoms with Crippen LogP contribution < -0.4 is 0 Å². The topological polar surface area (TPSA) is 116 Å². The summed E-state index contributed by atoms with van der Waals surface area (Å²) in [5.74, 6) is 0. The van der Waals surface area contributed by atoms with Crippen LogP contribution in [0.1, 0.15) is 18.9 Å². The first kappa shape index (κ1) is 18.6. The molecule has 0 saturated heterocycles. The summed E-state index contributed by atoms with van der Waals surface area (Å²) < 4.78 is 40.8. The predicted molar refractivity (Wildman–Crippen MR) is 79.5 cm³/mol. The molecule has 1 rings (SSSR count). The van der Waals surface area contributed by atoms with Gasteiger partial charge in [-0.1, -0.05) is 37.3 Å². The first-order valence-electron chi connectivity index (χ1n) is 5.70. The van der Waals surface area contributed by atoms with E-state index in [4.69, 9.17) is 10.5 Å². The second-order valence-electron chi connectivity index (χ2n) is 3.56. The Bertz CT molecular complexity index is 808. The number of benzene rings is 1. The van der Waals surface area contributed by atoms with Crippen LogP contribution in [0.5, 0.6) is 0 Å². The SMILES string of the molecule is CCC(C#N)=S(=O)=O.N#CC(Cc1ccccc1)=S(=O)=O. The minimum Gasteiger partial charge on any atom is -0.192 e. The van der Waals surface area contributed by atoms with Gasteiger partial charge in [0.2, 0.25) is 20.6 Å². The maximum Gasteiger partial charge on any atom is 0.228 e. The largest absolute Gasteiger partial charge is 0.228 e. The van der Waals surface area contributed by atoms with Crippen molar-refractivity contribution in [3.63, 3.8) is 0 Å². The monoisotopic (exact) mass is 324 g/mol. The molecule has 0 aliphatic carbocycles. The molecule has 0 N–H and O–H groups in total. The molecular formula is C13H12N2O4S2. The Kier molecular flexibility index (Phi) is 9.18. The summed E-state index contributed by atoms with van der Waals surface area (Å²) in [5, 5.41) is 16.5. The molecule has 1 aromatic rings. The summed E-state index contributed by atoms with van der Waals surface area (Å²) >= 11 is 0. The summed E-state index contributed by atoms with van der Waals surface area (Å²) in [7, 11) is -4.70.